The summed E-state index contributed by atoms with van der Waals surface area (Å²) in [5.74, 6) is 0. The molecule has 0 N–H and O–H groups in total. The molecule has 0 heterocycles. The van der Waals surface area contributed by atoms with Crippen LogP contribution in [-0.4, -0.2) is 26.3 Å². The van der Waals surface area contributed by atoms with E-state index in [1.165, 1.54) is 24.3 Å². The number of halogens is 6. The maximum absolute atomic E-state index is 12.4. The summed E-state index contributed by atoms with van der Waals surface area (Å²) in [7, 11) is 0. The standard InChI is InChI=1S/C14H8F6Se2/c15-13(16,17)9-1-5-11(6-2-9)21-22-12-7-3-10(4-8-12)14(18,19)20/h1-8H. The van der Waals surface area contributed by atoms with Gasteiger partial charge in [0.05, 0.1) is 0 Å². The van der Waals surface area contributed by atoms with Crippen LogP contribution in [0.5, 0.6) is 0 Å². The Labute approximate surface area is 133 Å². The van der Waals surface area contributed by atoms with Gasteiger partial charge in [0.15, 0.2) is 0 Å². The molecule has 22 heavy (non-hydrogen) atoms. The van der Waals surface area contributed by atoms with Crippen molar-refractivity contribution in [1.29, 1.82) is 0 Å². The van der Waals surface area contributed by atoms with E-state index in [-0.39, 0.29) is 26.3 Å². The fraction of sp³-hybridized carbons (Fsp3) is 0.143. The van der Waals surface area contributed by atoms with Crippen LogP contribution >= 0.6 is 0 Å². The molecule has 0 amide bonds. The molecule has 0 aliphatic heterocycles. The Morgan fingerprint density at radius 2 is 0.773 bits per heavy atom. The van der Waals surface area contributed by atoms with Crippen LogP contribution in [0.2, 0.25) is 0 Å². The first-order valence-electron chi connectivity index (χ1n) is 5.85. The van der Waals surface area contributed by atoms with Crippen molar-refractivity contribution in [1.82, 2.24) is 0 Å². The van der Waals surface area contributed by atoms with Crippen LogP contribution in [-0.2, 0) is 12.4 Å². The van der Waals surface area contributed by atoms with Gasteiger partial charge in [-0.3, -0.25) is 0 Å². The second-order valence-corrected chi connectivity index (χ2v) is 10.5. The second kappa shape index (κ2) is 6.67. The van der Waals surface area contributed by atoms with E-state index in [0.717, 1.165) is 33.2 Å². The Morgan fingerprint density at radius 3 is 1.00 bits per heavy atom. The average molecular weight is 448 g/mol. The molecule has 2 rings (SSSR count). The van der Waals surface area contributed by atoms with Crippen molar-refractivity contribution < 1.29 is 26.3 Å². The van der Waals surface area contributed by atoms with E-state index in [2.05, 4.69) is 0 Å². The van der Waals surface area contributed by atoms with E-state index >= 15 is 0 Å². The predicted molar refractivity (Wildman–Crippen MR) is 73.7 cm³/mol. The van der Waals surface area contributed by atoms with Gasteiger partial charge in [-0.05, 0) is 0 Å². The van der Waals surface area contributed by atoms with Gasteiger partial charge in [0, 0.05) is 0 Å². The van der Waals surface area contributed by atoms with Gasteiger partial charge in [-0.1, -0.05) is 0 Å². The van der Waals surface area contributed by atoms with Gasteiger partial charge in [0.2, 0.25) is 0 Å². The summed E-state index contributed by atoms with van der Waals surface area (Å²) in [5.41, 5.74) is -1.40. The molecule has 0 aliphatic carbocycles. The summed E-state index contributed by atoms with van der Waals surface area (Å²) in [6, 6.07) is 9.81. The van der Waals surface area contributed by atoms with Crippen LogP contribution in [0, 0.1) is 0 Å². The van der Waals surface area contributed by atoms with Crippen molar-refractivity contribution in [2.24, 2.45) is 0 Å². The van der Waals surface area contributed by atoms with Gasteiger partial charge >= 0.3 is 134 Å². The van der Waals surface area contributed by atoms with Gasteiger partial charge in [0.1, 0.15) is 0 Å². The number of rotatable bonds is 3. The van der Waals surface area contributed by atoms with Crippen LogP contribution in [0.15, 0.2) is 48.5 Å². The molecule has 0 radical (unpaired) electrons. The van der Waals surface area contributed by atoms with E-state index in [9.17, 15) is 26.3 Å². The van der Waals surface area contributed by atoms with Gasteiger partial charge in [-0.2, -0.15) is 0 Å². The normalized spacial score (nSPS) is 12.5. The van der Waals surface area contributed by atoms with Crippen LogP contribution in [0.4, 0.5) is 26.3 Å². The van der Waals surface area contributed by atoms with Crippen molar-refractivity contribution in [2.75, 3.05) is 0 Å². The number of hydrogen-bond acceptors (Lipinski definition) is 0. The van der Waals surface area contributed by atoms with Crippen molar-refractivity contribution in [3.05, 3.63) is 59.7 Å². The summed E-state index contributed by atoms with van der Waals surface area (Å²) in [4.78, 5) is 0. The Kier molecular flexibility index (Phi) is 5.28. The minimum absolute atomic E-state index is 0.0725. The van der Waals surface area contributed by atoms with E-state index in [1.54, 1.807) is 0 Å². The molecule has 0 saturated carbocycles. The second-order valence-electron chi connectivity index (χ2n) is 4.21. The summed E-state index contributed by atoms with van der Waals surface area (Å²) < 4.78 is 76.1. The zero-order valence-electron chi connectivity index (χ0n) is 10.7. The number of alkyl halides is 6. The molecule has 0 aliphatic rings. The van der Waals surface area contributed by atoms with E-state index < -0.39 is 23.5 Å². The average Bonchev–Trinajstić information content (AvgIpc) is 2.44. The quantitative estimate of drug-likeness (QED) is 0.501. The molecule has 118 valence electrons. The van der Waals surface area contributed by atoms with Crippen molar-refractivity contribution in [3.8, 4) is 0 Å². The topological polar surface area (TPSA) is 0 Å². The molecule has 0 spiro atoms. The summed E-state index contributed by atoms with van der Waals surface area (Å²) >= 11 is -0.145. The molecule has 2 aromatic rings. The fourth-order valence-electron chi connectivity index (χ4n) is 1.50. The van der Waals surface area contributed by atoms with Crippen LogP contribution in [0.25, 0.3) is 0 Å². The molecule has 2 aromatic carbocycles. The van der Waals surface area contributed by atoms with Crippen molar-refractivity contribution in [2.45, 2.75) is 12.4 Å². The van der Waals surface area contributed by atoms with Gasteiger partial charge < -0.3 is 0 Å². The Bertz CT molecular complexity index is 556. The van der Waals surface area contributed by atoms with E-state index in [1.807, 2.05) is 0 Å². The zero-order valence-corrected chi connectivity index (χ0v) is 14.1. The molecule has 0 atom stereocenters. The predicted octanol–water partition coefficient (Wildman–Crippen LogP) is 3.00. The number of benzene rings is 2. The summed E-state index contributed by atoms with van der Waals surface area (Å²) in [6.45, 7) is 0. The van der Waals surface area contributed by atoms with Gasteiger partial charge in [-0.15, -0.1) is 0 Å². The number of hydrogen-bond donors (Lipinski definition) is 0. The molecular weight excluding hydrogens is 440 g/mol. The first-order chi connectivity index (χ1) is 10.2. The third-order valence-electron chi connectivity index (χ3n) is 2.60. The van der Waals surface area contributed by atoms with Crippen LogP contribution in [0.1, 0.15) is 11.1 Å². The molecule has 0 unspecified atom stereocenters. The minimum atomic E-state index is -4.36. The first-order valence-corrected chi connectivity index (χ1v) is 11.9. The van der Waals surface area contributed by atoms with Crippen LogP contribution < -0.4 is 8.92 Å². The fourth-order valence-corrected chi connectivity index (χ4v) is 7.46. The van der Waals surface area contributed by atoms with Gasteiger partial charge in [-0.25, -0.2) is 0 Å². The first kappa shape index (κ1) is 17.4. The van der Waals surface area contributed by atoms with Crippen molar-refractivity contribution in [3.63, 3.8) is 0 Å². The third kappa shape index (κ3) is 4.78. The molecule has 0 aromatic heterocycles. The molecule has 8 heteroatoms. The van der Waals surface area contributed by atoms with Crippen molar-refractivity contribution >= 4 is 35.2 Å². The molecule has 0 nitrogen and oxygen atoms in total. The molecular formula is C14H8F6Se2. The summed E-state index contributed by atoms with van der Waals surface area (Å²) in [6.07, 6.45) is -8.71. The molecule has 0 saturated heterocycles. The van der Waals surface area contributed by atoms with E-state index in [4.69, 9.17) is 0 Å². The Balaban J connectivity index is 1.98. The van der Waals surface area contributed by atoms with Gasteiger partial charge in [0.25, 0.3) is 0 Å². The molecule has 0 fully saturated rings. The summed E-state index contributed by atoms with van der Waals surface area (Å²) in [5, 5.41) is 0. The Morgan fingerprint density at radius 1 is 0.500 bits per heavy atom. The molecule has 0 bridgehead atoms. The Hall–Kier alpha value is -0.941. The SMILES string of the molecule is FC(F)(F)c1ccc([Se][Se]c2ccc(C(F)(F)F)cc2)cc1. The zero-order chi connectivity index (χ0) is 16.4. The monoisotopic (exact) mass is 450 g/mol. The third-order valence-corrected chi connectivity index (χ3v) is 9.83. The van der Waals surface area contributed by atoms with Crippen LogP contribution in [0.3, 0.4) is 0 Å². The maximum atomic E-state index is 12.4. The van der Waals surface area contributed by atoms with E-state index in [0.29, 0.717) is 0 Å².